The van der Waals surface area contributed by atoms with E-state index in [0.29, 0.717) is 11.6 Å². The number of aromatic nitrogens is 1. The lowest BCUT2D eigenvalue weighted by molar-refractivity contribution is -0.384. The first-order chi connectivity index (χ1) is 14.3. The highest BCUT2D eigenvalue weighted by atomic mass is 35.5. The average Bonchev–Trinajstić information content (AvgIpc) is 3.12. The van der Waals surface area contributed by atoms with Crippen molar-refractivity contribution in [3.63, 3.8) is 0 Å². The third-order valence-electron chi connectivity index (χ3n) is 4.85. The van der Waals surface area contributed by atoms with Crippen LogP contribution in [0.5, 0.6) is 0 Å². The van der Waals surface area contributed by atoms with Crippen LogP contribution in [-0.4, -0.2) is 9.49 Å². The summed E-state index contributed by atoms with van der Waals surface area (Å²) in [4.78, 5) is 16.0. The summed E-state index contributed by atoms with van der Waals surface area (Å²) in [5, 5.41) is 13.0. The van der Waals surface area contributed by atoms with Gasteiger partial charge in [0.2, 0.25) is 0 Å². The lowest BCUT2D eigenvalue weighted by Gasteiger charge is -2.18. The second-order valence-electron chi connectivity index (χ2n) is 7.61. The van der Waals surface area contributed by atoms with Crippen LogP contribution in [0.25, 0.3) is 11.3 Å². The Morgan fingerprint density at radius 2 is 1.87 bits per heavy atom. The molecule has 0 saturated carbocycles. The van der Waals surface area contributed by atoms with Crippen molar-refractivity contribution in [2.75, 3.05) is 0 Å². The maximum atomic E-state index is 13.9. The highest BCUT2D eigenvalue weighted by Gasteiger charge is 2.16. The highest BCUT2D eigenvalue weighted by molar-refractivity contribution is 7.07. The zero-order valence-electron chi connectivity index (χ0n) is 17.0. The lowest BCUT2D eigenvalue weighted by atomic mass is 10.0. The molecule has 1 aromatic heterocycles. The molecular weight excluding hydrogens is 425 g/mol. The van der Waals surface area contributed by atoms with Gasteiger partial charge in [0.25, 0.3) is 5.69 Å². The summed E-state index contributed by atoms with van der Waals surface area (Å²) in [6.45, 7) is 6.50. The van der Waals surface area contributed by atoms with Crippen LogP contribution in [0.4, 0.5) is 15.8 Å². The fourth-order valence-corrected chi connectivity index (χ4v) is 4.30. The Morgan fingerprint density at radius 3 is 2.47 bits per heavy atom. The quantitative estimate of drug-likeness (QED) is 0.285. The standard InChI is InChI=1S/C22H23ClFN3O2S/c1-14(2)4-5-15(3)26-21(16-6-9-18(10-7-16)27(28)29)13-30-22(26)25-17-8-11-19(23)20(24)12-17/h6-15H,4-5H2,1-3H3. The van der Waals surface area contributed by atoms with Gasteiger partial charge in [0.15, 0.2) is 4.80 Å². The van der Waals surface area contributed by atoms with Gasteiger partial charge in [-0.15, -0.1) is 11.3 Å². The van der Waals surface area contributed by atoms with Crippen LogP contribution >= 0.6 is 22.9 Å². The topological polar surface area (TPSA) is 60.4 Å². The van der Waals surface area contributed by atoms with Crippen molar-refractivity contribution in [1.29, 1.82) is 0 Å². The molecule has 0 bridgehead atoms. The number of nitro benzene ring substituents is 1. The van der Waals surface area contributed by atoms with Gasteiger partial charge >= 0.3 is 0 Å². The summed E-state index contributed by atoms with van der Waals surface area (Å²) in [5.41, 5.74) is 2.34. The van der Waals surface area contributed by atoms with Crippen LogP contribution in [0.1, 0.15) is 39.7 Å². The van der Waals surface area contributed by atoms with Crippen LogP contribution < -0.4 is 4.80 Å². The zero-order chi connectivity index (χ0) is 21.8. The van der Waals surface area contributed by atoms with Crippen molar-refractivity contribution < 1.29 is 9.31 Å². The summed E-state index contributed by atoms with van der Waals surface area (Å²) in [5.74, 6) is 0.0599. The molecule has 0 spiro atoms. The third-order valence-corrected chi connectivity index (χ3v) is 5.99. The predicted octanol–water partition coefficient (Wildman–Crippen LogP) is 7.15. The highest BCUT2D eigenvalue weighted by Crippen LogP contribution is 2.28. The summed E-state index contributed by atoms with van der Waals surface area (Å²) in [6.07, 6.45) is 2.01. The third kappa shape index (κ3) is 5.15. The van der Waals surface area contributed by atoms with Crippen molar-refractivity contribution in [2.45, 2.75) is 39.7 Å². The molecule has 0 radical (unpaired) electrons. The molecule has 3 aromatic rings. The molecule has 30 heavy (non-hydrogen) atoms. The Labute approximate surface area is 183 Å². The summed E-state index contributed by atoms with van der Waals surface area (Å²) in [7, 11) is 0. The number of nitrogens with zero attached hydrogens (tertiary/aromatic N) is 3. The molecule has 0 amide bonds. The molecule has 158 valence electrons. The van der Waals surface area contributed by atoms with Crippen LogP contribution in [0.3, 0.4) is 0 Å². The second-order valence-corrected chi connectivity index (χ2v) is 8.85. The number of thiazole rings is 1. The normalized spacial score (nSPS) is 13.1. The Kier molecular flexibility index (Phi) is 7.05. The largest absolute Gasteiger partial charge is 0.314 e. The molecular formula is C22H23ClFN3O2S. The van der Waals surface area contributed by atoms with Gasteiger partial charge in [-0.2, -0.15) is 0 Å². The van der Waals surface area contributed by atoms with Gasteiger partial charge in [-0.1, -0.05) is 25.4 Å². The number of non-ortho nitro benzene ring substituents is 1. The summed E-state index contributed by atoms with van der Waals surface area (Å²) in [6, 6.07) is 11.1. The van der Waals surface area contributed by atoms with Crippen molar-refractivity contribution in [2.24, 2.45) is 10.9 Å². The molecule has 1 unspecified atom stereocenters. The van der Waals surface area contributed by atoms with E-state index in [0.717, 1.165) is 28.9 Å². The van der Waals surface area contributed by atoms with Gasteiger partial charge in [0.1, 0.15) is 5.82 Å². The molecule has 0 aliphatic carbocycles. The van der Waals surface area contributed by atoms with Gasteiger partial charge in [-0.25, -0.2) is 9.38 Å². The van der Waals surface area contributed by atoms with Crippen molar-refractivity contribution in [3.05, 3.63) is 73.6 Å². The van der Waals surface area contributed by atoms with Gasteiger partial charge in [0, 0.05) is 29.6 Å². The molecule has 8 heteroatoms. The van der Waals surface area contributed by atoms with Crippen LogP contribution in [0.15, 0.2) is 52.8 Å². The fourth-order valence-electron chi connectivity index (χ4n) is 3.16. The molecule has 0 saturated heterocycles. The number of benzene rings is 2. The van der Waals surface area contributed by atoms with Crippen LogP contribution in [0, 0.1) is 21.8 Å². The van der Waals surface area contributed by atoms with Crippen molar-refractivity contribution >= 4 is 34.3 Å². The van der Waals surface area contributed by atoms with E-state index >= 15 is 0 Å². The molecule has 1 heterocycles. The van der Waals surface area contributed by atoms with E-state index in [1.165, 1.54) is 35.6 Å². The molecule has 0 aliphatic rings. The van der Waals surface area contributed by atoms with Crippen molar-refractivity contribution in [1.82, 2.24) is 4.57 Å². The smallest absolute Gasteiger partial charge is 0.269 e. The summed E-state index contributed by atoms with van der Waals surface area (Å²) < 4.78 is 16.0. The maximum Gasteiger partial charge on any atom is 0.269 e. The monoisotopic (exact) mass is 447 g/mol. The number of hydrogen-bond acceptors (Lipinski definition) is 4. The van der Waals surface area contributed by atoms with E-state index in [2.05, 4.69) is 30.3 Å². The summed E-state index contributed by atoms with van der Waals surface area (Å²) >= 11 is 7.24. The first-order valence-electron chi connectivity index (χ1n) is 9.71. The van der Waals surface area contributed by atoms with E-state index in [9.17, 15) is 14.5 Å². The van der Waals surface area contributed by atoms with E-state index in [1.54, 1.807) is 18.2 Å². The molecule has 1 atom stereocenters. The molecule has 5 nitrogen and oxygen atoms in total. The van der Waals surface area contributed by atoms with E-state index < -0.39 is 10.7 Å². The van der Waals surface area contributed by atoms with E-state index in [-0.39, 0.29) is 16.8 Å². The average molecular weight is 448 g/mol. The SMILES string of the molecule is CC(C)CCC(C)n1c(-c2ccc([N+](=O)[O-])cc2)csc1=Nc1ccc(Cl)c(F)c1. The Bertz CT molecular complexity index is 1110. The zero-order valence-corrected chi connectivity index (χ0v) is 18.6. The van der Waals surface area contributed by atoms with Crippen LogP contribution in [-0.2, 0) is 0 Å². The number of nitro groups is 1. The van der Waals surface area contributed by atoms with E-state index in [1.807, 2.05) is 5.38 Å². The van der Waals surface area contributed by atoms with Gasteiger partial charge in [-0.3, -0.25) is 10.1 Å². The fraction of sp³-hybridized carbons (Fsp3) is 0.318. The van der Waals surface area contributed by atoms with Gasteiger partial charge < -0.3 is 4.57 Å². The number of rotatable bonds is 7. The maximum absolute atomic E-state index is 13.9. The van der Waals surface area contributed by atoms with E-state index in [4.69, 9.17) is 11.6 Å². The molecule has 2 aromatic carbocycles. The Balaban J connectivity index is 2.09. The molecule has 0 aliphatic heterocycles. The Morgan fingerprint density at radius 1 is 1.17 bits per heavy atom. The van der Waals surface area contributed by atoms with Crippen molar-refractivity contribution in [3.8, 4) is 11.3 Å². The van der Waals surface area contributed by atoms with Crippen LogP contribution in [0.2, 0.25) is 5.02 Å². The minimum Gasteiger partial charge on any atom is -0.314 e. The Hall–Kier alpha value is -2.51. The van der Waals surface area contributed by atoms with Gasteiger partial charge in [-0.05, 0) is 55.5 Å². The molecule has 3 rings (SSSR count). The lowest BCUT2D eigenvalue weighted by Crippen LogP contribution is -2.20. The second kappa shape index (κ2) is 9.53. The van der Waals surface area contributed by atoms with Gasteiger partial charge in [0.05, 0.1) is 21.3 Å². The molecule has 0 N–H and O–H groups in total. The first-order valence-corrected chi connectivity index (χ1v) is 11.0. The minimum atomic E-state index is -0.510. The molecule has 0 fully saturated rings. The number of hydrogen-bond donors (Lipinski definition) is 0. The number of halogens is 2. The first kappa shape index (κ1) is 22.2. The predicted molar refractivity (Wildman–Crippen MR) is 120 cm³/mol. The minimum absolute atomic E-state index is 0.0509.